The summed E-state index contributed by atoms with van der Waals surface area (Å²) in [5, 5.41) is 3.90. The molecule has 0 aliphatic heterocycles. The Kier molecular flexibility index (Phi) is 5.35. The van der Waals surface area contributed by atoms with Crippen LogP contribution >= 0.6 is 0 Å². The number of nitrogens with one attached hydrogen (secondary N) is 1. The molecule has 2 aromatic rings. The summed E-state index contributed by atoms with van der Waals surface area (Å²) in [4.78, 5) is 0. The molecule has 122 valence electrons. The highest BCUT2D eigenvalue weighted by Crippen LogP contribution is 2.24. The SMILES string of the molecule is CCC(CCc1ccccc1)NC1CCc2ccc(N)cc2C1. The van der Waals surface area contributed by atoms with Crippen LogP contribution in [-0.2, 0) is 19.3 Å². The molecule has 0 aromatic heterocycles. The Labute approximate surface area is 140 Å². The molecule has 23 heavy (non-hydrogen) atoms. The average molecular weight is 308 g/mol. The maximum absolute atomic E-state index is 5.95. The largest absolute Gasteiger partial charge is 0.399 e. The highest BCUT2D eigenvalue weighted by atomic mass is 14.9. The Balaban J connectivity index is 1.55. The molecule has 1 aliphatic carbocycles. The van der Waals surface area contributed by atoms with E-state index in [1.165, 1.54) is 42.4 Å². The van der Waals surface area contributed by atoms with Crippen LogP contribution in [0.1, 0.15) is 42.9 Å². The minimum atomic E-state index is 0.588. The number of aryl methyl sites for hydroxylation is 2. The Morgan fingerprint density at radius 3 is 2.74 bits per heavy atom. The van der Waals surface area contributed by atoms with Gasteiger partial charge < -0.3 is 11.1 Å². The summed E-state index contributed by atoms with van der Waals surface area (Å²) in [7, 11) is 0. The van der Waals surface area contributed by atoms with Crippen molar-refractivity contribution < 1.29 is 0 Å². The van der Waals surface area contributed by atoms with E-state index in [-0.39, 0.29) is 0 Å². The topological polar surface area (TPSA) is 38.0 Å². The summed E-state index contributed by atoms with van der Waals surface area (Å²) in [5.41, 5.74) is 11.2. The normalized spacial score (nSPS) is 18.4. The quantitative estimate of drug-likeness (QED) is 0.788. The molecule has 2 unspecified atom stereocenters. The van der Waals surface area contributed by atoms with Crippen LogP contribution in [0.15, 0.2) is 48.5 Å². The highest BCUT2D eigenvalue weighted by molar-refractivity contribution is 5.46. The number of hydrogen-bond donors (Lipinski definition) is 2. The van der Waals surface area contributed by atoms with E-state index in [1.54, 1.807) is 0 Å². The number of nitrogen functional groups attached to an aromatic ring is 1. The number of hydrogen-bond acceptors (Lipinski definition) is 2. The molecule has 0 spiro atoms. The predicted octanol–water partition coefficient (Wildman–Crippen LogP) is 4.13. The molecule has 0 heterocycles. The zero-order valence-corrected chi connectivity index (χ0v) is 14.1. The van der Waals surface area contributed by atoms with E-state index >= 15 is 0 Å². The molecule has 0 amide bonds. The molecule has 2 heteroatoms. The van der Waals surface area contributed by atoms with Crippen molar-refractivity contribution in [3.8, 4) is 0 Å². The molecular weight excluding hydrogens is 280 g/mol. The van der Waals surface area contributed by atoms with Gasteiger partial charge in [0.1, 0.15) is 0 Å². The van der Waals surface area contributed by atoms with E-state index in [9.17, 15) is 0 Å². The van der Waals surface area contributed by atoms with Crippen molar-refractivity contribution in [3.63, 3.8) is 0 Å². The average Bonchev–Trinajstić information content (AvgIpc) is 2.59. The number of benzene rings is 2. The molecule has 2 nitrogen and oxygen atoms in total. The van der Waals surface area contributed by atoms with Gasteiger partial charge in [0.15, 0.2) is 0 Å². The first-order valence-corrected chi connectivity index (χ1v) is 8.92. The Morgan fingerprint density at radius 1 is 1.13 bits per heavy atom. The standard InChI is InChI=1S/C21H28N2/c1-2-20(12-8-16-6-4-3-5-7-16)23-21-13-10-17-9-11-19(22)14-18(17)15-21/h3-7,9,11,14,20-21,23H,2,8,10,12-13,15,22H2,1H3. The summed E-state index contributed by atoms with van der Waals surface area (Å²) in [5.74, 6) is 0. The molecule has 0 saturated carbocycles. The van der Waals surface area contributed by atoms with E-state index in [4.69, 9.17) is 5.73 Å². The second kappa shape index (κ2) is 7.65. The van der Waals surface area contributed by atoms with Gasteiger partial charge in [-0.15, -0.1) is 0 Å². The maximum atomic E-state index is 5.95. The minimum Gasteiger partial charge on any atom is -0.399 e. The lowest BCUT2D eigenvalue weighted by molar-refractivity contribution is 0.371. The molecule has 3 rings (SSSR count). The zero-order chi connectivity index (χ0) is 16.1. The zero-order valence-electron chi connectivity index (χ0n) is 14.1. The molecule has 0 radical (unpaired) electrons. The first kappa shape index (κ1) is 16.1. The molecule has 0 bridgehead atoms. The van der Waals surface area contributed by atoms with Crippen molar-refractivity contribution in [3.05, 3.63) is 65.2 Å². The summed E-state index contributed by atoms with van der Waals surface area (Å²) in [6.45, 7) is 2.29. The fourth-order valence-corrected chi connectivity index (χ4v) is 3.64. The highest BCUT2D eigenvalue weighted by Gasteiger charge is 2.20. The van der Waals surface area contributed by atoms with Crippen molar-refractivity contribution in [2.75, 3.05) is 5.73 Å². The first-order chi connectivity index (χ1) is 11.2. The number of rotatable bonds is 6. The molecule has 2 aromatic carbocycles. The molecular formula is C21H28N2. The van der Waals surface area contributed by atoms with Crippen LogP contribution < -0.4 is 11.1 Å². The fourth-order valence-electron chi connectivity index (χ4n) is 3.64. The maximum Gasteiger partial charge on any atom is 0.0316 e. The van der Waals surface area contributed by atoms with Crippen LogP contribution in [0.25, 0.3) is 0 Å². The number of fused-ring (bicyclic) bond motifs is 1. The van der Waals surface area contributed by atoms with Gasteiger partial charge in [-0.25, -0.2) is 0 Å². The van der Waals surface area contributed by atoms with Gasteiger partial charge in [0.2, 0.25) is 0 Å². The van der Waals surface area contributed by atoms with Gasteiger partial charge in [0.05, 0.1) is 0 Å². The molecule has 0 fully saturated rings. The van der Waals surface area contributed by atoms with Crippen LogP contribution in [-0.4, -0.2) is 12.1 Å². The summed E-state index contributed by atoms with van der Waals surface area (Å²) in [6, 6.07) is 18.4. The van der Waals surface area contributed by atoms with Gasteiger partial charge in [-0.05, 0) is 67.3 Å². The summed E-state index contributed by atoms with van der Waals surface area (Å²) >= 11 is 0. The van der Waals surface area contributed by atoms with Crippen molar-refractivity contribution >= 4 is 5.69 Å². The Bertz CT molecular complexity index is 621. The monoisotopic (exact) mass is 308 g/mol. The lowest BCUT2D eigenvalue weighted by Gasteiger charge is -2.30. The van der Waals surface area contributed by atoms with Gasteiger partial charge >= 0.3 is 0 Å². The van der Waals surface area contributed by atoms with Gasteiger partial charge in [-0.3, -0.25) is 0 Å². The van der Waals surface area contributed by atoms with Crippen LogP contribution in [0.5, 0.6) is 0 Å². The fraction of sp³-hybridized carbons (Fsp3) is 0.429. The lowest BCUT2D eigenvalue weighted by atomic mass is 9.87. The smallest absolute Gasteiger partial charge is 0.0316 e. The van der Waals surface area contributed by atoms with Gasteiger partial charge in [0.25, 0.3) is 0 Å². The second-order valence-corrected chi connectivity index (χ2v) is 6.76. The van der Waals surface area contributed by atoms with Crippen molar-refractivity contribution in [2.24, 2.45) is 0 Å². The van der Waals surface area contributed by atoms with E-state index in [0.29, 0.717) is 12.1 Å². The Morgan fingerprint density at radius 2 is 1.96 bits per heavy atom. The van der Waals surface area contributed by atoms with Crippen LogP contribution in [0.2, 0.25) is 0 Å². The third kappa shape index (κ3) is 4.35. The van der Waals surface area contributed by atoms with Gasteiger partial charge in [-0.1, -0.05) is 43.3 Å². The summed E-state index contributed by atoms with van der Waals surface area (Å²) in [6.07, 6.45) is 7.07. The second-order valence-electron chi connectivity index (χ2n) is 6.76. The molecule has 0 saturated heterocycles. The summed E-state index contributed by atoms with van der Waals surface area (Å²) < 4.78 is 0. The van der Waals surface area contributed by atoms with E-state index in [2.05, 4.69) is 54.7 Å². The lowest BCUT2D eigenvalue weighted by Crippen LogP contribution is -2.41. The third-order valence-electron chi connectivity index (χ3n) is 5.05. The molecule has 2 atom stereocenters. The van der Waals surface area contributed by atoms with E-state index < -0.39 is 0 Å². The molecule has 1 aliphatic rings. The van der Waals surface area contributed by atoms with Crippen molar-refractivity contribution in [1.82, 2.24) is 5.32 Å². The van der Waals surface area contributed by atoms with Crippen LogP contribution in [0.4, 0.5) is 5.69 Å². The van der Waals surface area contributed by atoms with Crippen LogP contribution in [0, 0.1) is 0 Å². The van der Waals surface area contributed by atoms with Gasteiger partial charge in [-0.2, -0.15) is 0 Å². The predicted molar refractivity (Wildman–Crippen MR) is 98.6 cm³/mol. The van der Waals surface area contributed by atoms with Gasteiger partial charge in [0, 0.05) is 17.8 Å². The third-order valence-corrected chi connectivity index (χ3v) is 5.05. The van der Waals surface area contributed by atoms with E-state index in [0.717, 1.165) is 18.5 Å². The van der Waals surface area contributed by atoms with Crippen molar-refractivity contribution in [2.45, 2.75) is 57.5 Å². The first-order valence-electron chi connectivity index (χ1n) is 8.92. The number of nitrogens with two attached hydrogens (primary N) is 1. The molecule has 3 N–H and O–H groups in total. The minimum absolute atomic E-state index is 0.588. The van der Waals surface area contributed by atoms with E-state index in [1.807, 2.05) is 6.07 Å². The van der Waals surface area contributed by atoms with Crippen LogP contribution in [0.3, 0.4) is 0 Å². The number of anilines is 1. The van der Waals surface area contributed by atoms with Crippen molar-refractivity contribution in [1.29, 1.82) is 0 Å². The Hall–Kier alpha value is -1.80.